The van der Waals surface area contributed by atoms with Crippen molar-refractivity contribution in [1.29, 1.82) is 0 Å². The van der Waals surface area contributed by atoms with Gasteiger partial charge >= 0.3 is 0 Å². The molecule has 1 aliphatic heterocycles. The Bertz CT molecular complexity index is 463. The molecular formula is C14H21N3O. The van der Waals surface area contributed by atoms with Gasteiger partial charge < -0.3 is 10.6 Å². The van der Waals surface area contributed by atoms with Gasteiger partial charge in [0.25, 0.3) is 0 Å². The molecule has 1 atom stereocenters. The summed E-state index contributed by atoms with van der Waals surface area (Å²) >= 11 is 0. The van der Waals surface area contributed by atoms with Gasteiger partial charge in [0.15, 0.2) is 0 Å². The molecule has 2 rings (SSSR count). The Morgan fingerprint density at radius 2 is 2.11 bits per heavy atom. The molecule has 0 radical (unpaired) electrons. The van der Waals surface area contributed by atoms with E-state index in [-0.39, 0.29) is 17.4 Å². The summed E-state index contributed by atoms with van der Waals surface area (Å²) in [6, 6.07) is 3.95. The van der Waals surface area contributed by atoms with Gasteiger partial charge in [0, 0.05) is 18.2 Å². The number of carbonyl (C=O) groups is 1. The highest BCUT2D eigenvalue weighted by Gasteiger charge is 2.25. The van der Waals surface area contributed by atoms with E-state index in [0.29, 0.717) is 6.42 Å². The zero-order valence-corrected chi connectivity index (χ0v) is 11.5. The smallest absolute Gasteiger partial charge is 0.226 e. The first kappa shape index (κ1) is 12.9. The fourth-order valence-corrected chi connectivity index (χ4v) is 2.30. The molecular weight excluding hydrogens is 226 g/mol. The van der Waals surface area contributed by atoms with Crippen molar-refractivity contribution in [2.45, 2.75) is 46.6 Å². The number of aromatic nitrogens is 1. The number of carbonyl (C=O) groups excluding carboxylic acids is 1. The summed E-state index contributed by atoms with van der Waals surface area (Å²) in [4.78, 5) is 16.3. The van der Waals surface area contributed by atoms with E-state index in [1.165, 1.54) is 0 Å². The summed E-state index contributed by atoms with van der Waals surface area (Å²) in [5.74, 6) is 0.844. The van der Waals surface area contributed by atoms with Crippen LogP contribution < -0.4 is 10.6 Å². The number of hydrogen-bond donors (Lipinski definition) is 2. The number of nitrogens with one attached hydrogen (secondary N) is 2. The lowest BCUT2D eigenvalue weighted by Gasteiger charge is -2.25. The highest BCUT2D eigenvalue weighted by Crippen LogP contribution is 2.29. The van der Waals surface area contributed by atoms with Crippen molar-refractivity contribution in [2.75, 3.05) is 10.6 Å². The molecule has 0 saturated heterocycles. The minimum atomic E-state index is 0.0566. The van der Waals surface area contributed by atoms with Crippen LogP contribution in [0.2, 0.25) is 0 Å². The van der Waals surface area contributed by atoms with Crippen LogP contribution in [0.3, 0.4) is 0 Å². The van der Waals surface area contributed by atoms with Gasteiger partial charge in [-0.25, -0.2) is 4.98 Å². The fraction of sp³-hybridized carbons (Fsp3) is 0.571. The van der Waals surface area contributed by atoms with Crippen molar-refractivity contribution in [3.05, 3.63) is 17.8 Å². The lowest BCUT2D eigenvalue weighted by atomic mass is 9.87. The molecule has 1 aliphatic rings. The Balaban J connectivity index is 2.25. The molecule has 1 aromatic rings. The van der Waals surface area contributed by atoms with Crippen LogP contribution in [0.5, 0.6) is 0 Å². The second kappa shape index (κ2) is 4.59. The Morgan fingerprint density at radius 3 is 2.78 bits per heavy atom. The summed E-state index contributed by atoms with van der Waals surface area (Å²) in [7, 11) is 0. The Kier molecular flexibility index (Phi) is 3.28. The molecule has 4 heteroatoms. The standard InChI is InChI=1S/C14H21N3O/c1-9-5-6-11-13(15-9)16-10(7-12(18)17-11)8-14(2,3)4/h5-6,10H,7-8H2,1-4H3,(H,15,16)(H,17,18). The van der Waals surface area contributed by atoms with Gasteiger partial charge in [0.1, 0.15) is 5.82 Å². The number of rotatable bonds is 1. The molecule has 1 aromatic heterocycles. The van der Waals surface area contributed by atoms with Crippen molar-refractivity contribution in [2.24, 2.45) is 5.41 Å². The quantitative estimate of drug-likeness (QED) is 0.802. The third-order valence-corrected chi connectivity index (χ3v) is 2.94. The van der Waals surface area contributed by atoms with E-state index in [4.69, 9.17) is 0 Å². The molecule has 2 heterocycles. The average molecular weight is 247 g/mol. The van der Waals surface area contributed by atoms with Gasteiger partial charge in [-0.15, -0.1) is 0 Å². The highest BCUT2D eigenvalue weighted by atomic mass is 16.1. The van der Waals surface area contributed by atoms with Crippen LogP contribution in [0, 0.1) is 12.3 Å². The third kappa shape index (κ3) is 3.22. The van der Waals surface area contributed by atoms with Crippen molar-refractivity contribution in [3.8, 4) is 0 Å². The maximum Gasteiger partial charge on any atom is 0.226 e. The van der Waals surface area contributed by atoms with E-state index in [2.05, 4.69) is 36.4 Å². The van der Waals surface area contributed by atoms with Crippen LogP contribution in [0.25, 0.3) is 0 Å². The summed E-state index contributed by atoms with van der Waals surface area (Å²) in [6.45, 7) is 8.50. The van der Waals surface area contributed by atoms with Gasteiger partial charge in [-0.1, -0.05) is 20.8 Å². The monoisotopic (exact) mass is 247 g/mol. The van der Waals surface area contributed by atoms with Crippen molar-refractivity contribution >= 4 is 17.4 Å². The number of aryl methyl sites for hydroxylation is 1. The number of nitrogens with zero attached hydrogens (tertiary/aromatic N) is 1. The number of fused-ring (bicyclic) bond motifs is 1. The van der Waals surface area contributed by atoms with E-state index in [1.54, 1.807) is 0 Å². The number of anilines is 2. The first-order valence-corrected chi connectivity index (χ1v) is 6.37. The van der Waals surface area contributed by atoms with Gasteiger partial charge in [-0.05, 0) is 30.9 Å². The van der Waals surface area contributed by atoms with Crippen molar-refractivity contribution in [1.82, 2.24) is 4.98 Å². The predicted octanol–water partition coefficient (Wildman–Crippen LogP) is 2.95. The van der Waals surface area contributed by atoms with Gasteiger partial charge in [0.05, 0.1) is 5.69 Å². The largest absolute Gasteiger partial charge is 0.365 e. The summed E-state index contributed by atoms with van der Waals surface area (Å²) in [5.41, 5.74) is 1.92. The summed E-state index contributed by atoms with van der Waals surface area (Å²) in [6.07, 6.45) is 1.43. The first-order chi connectivity index (χ1) is 8.33. The Hall–Kier alpha value is -1.58. The molecule has 1 unspecified atom stereocenters. The SMILES string of the molecule is Cc1ccc2c(n1)NC(CC(C)(C)C)CC(=O)N2. The maximum absolute atomic E-state index is 11.8. The van der Waals surface area contributed by atoms with Gasteiger partial charge in [-0.3, -0.25) is 4.79 Å². The molecule has 4 nitrogen and oxygen atoms in total. The van der Waals surface area contributed by atoms with Gasteiger partial charge in [-0.2, -0.15) is 0 Å². The topological polar surface area (TPSA) is 54.0 Å². The highest BCUT2D eigenvalue weighted by molar-refractivity contribution is 5.95. The maximum atomic E-state index is 11.8. The fourth-order valence-electron chi connectivity index (χ4n) is 2.30. The zero-order chi connectivity index (χ0) is 13.3. The molecule has 0 bridgehead atoms. The summed E-state index contributed by atoms with van der Waals surface area (Å²) < 4.78 is 0. The predicted molar refractivity (Wildman–Crippen MR) is 73.7 cm³/mol. The van der Waals surface area contributed by atoms with Crippen LogP contribution in [0.15, 0.2) is 12.1 Å². The van der Waals surface area contributed by atoms with E-state index in [9.17, 15) is 4.79 Å². The molecule has 0 aliphatic carbocycles. The second-order valence-corrected chi connectivity index (χ2v) is 6.21. The Labute approximate surface area is 108 Å². The van der Waals surface area contributed by atoms with Crippen LogP contribution in [0.1, 0.15) is 39.3 Å². The number of pyridine rings is 1. The molecule has 0 spiro atoms. The lowest BCUT2D eigenvalue weighted by molar-refractivity contribution is -0.116. The minimum absolute atomic E-state index is 0.0566. The van der Waals surface area contributed by atoms with E-state index >= 15 is 0 Å². The van der Waals surface area contributed by atoms with Crippen LogP contribution in [-0.2, 0) is 4.79 Å². The summed E-state index contributed by atoms with van der Waals surface area (Å²) in [5, 5.41) is 6.29. The normalized spacial score (nSPS) is 19.6. The van der Waals surface area contributed by atoms with Crippen LogP contribution in [0.4, 0.5) is 11.5 Å². The van der Waals surface area contributed by atoms with E-state index < -0.39 is 0 Å². The molecule has 18 heavy (non-hydrogen) atoms. The minimum Gasteiger partial charge on any atom is -0.365 e. The molecule has 98 valence electrons. The molecule has 0 fully saturated rings. The van der Waals surface area contributed by atoms with E-state index in [0.717, 1.165) is 23.6 Å². The van der Waals surface area contributed by atoms with Crippen molar-refractivity contribution < 1.29 is 4.79 Å². The zero-order valence-electron chi connectivity index (χ0n) is 11.5. The van der Waals surface area contributed by atoms with E-state index in [1.807, 2.05) is 19.1 Å². The molecule has 0 aromatic carbocycles. The van der Waals surface area contributed by atoms with Crippen LogP contribution in [-0.4, -0.2) is 16.9 Å². The molecule has 1 amide bonds. The average Bonchev–Trinajstić information content (AvgIpc) is 2.32. The number of hydrogen-bond acceptors (Lipinski definition) is 3. The van der Waals surface area contributed by atoms with Crippen LogP contribution >= 0.6 is 0 Å². The molecule has 0 saturated carbocycles. The molecule has 2 N–H and O–H groups in total. The number of amides is 1. The van der Waals surface area contributed by atoms with Crippen molar-refractivity contribution in [3.63, 3.8) is 0 Å². The van der Waals surface area contributed by atoms with Gasteiger partial charge in [0.2, 0.25) is 5.91 Å². The first-order valence-electron chi connectivity index (χ1n) is 6.37. The third-order valence-electron chi connectivity index (χ3n) is 2.94. The second-order valence-electron chi connectivity index (χ2n) is 6.21. The Morgan fingerprint density at radius 1 is 1.39 bits per heavy atom. The lowest BCUT2D eigenvalue weighted by Crippen LogP contribution is -2.28.